The zero-order valence-electron chi connectivity index (χ0n) is 9.48. The van der Waals surface area contributed by atoms with E-state index in [1.807, 2.05) is 12.1 Å². The summed E-state index contributed by atoms with van der Waals surface area (Å²) >= 11 is 0. The lowest BCUT2D eigenvalue weighted by Crippen LogP contribution is -2.07. The van der Waals surface area contributed by atoms with Crippen LogP contribution in [0, 0.1) is 0 Å². The third-order valence-corrected chi connectivity index (χ3v) is 3.09. The number of nitrogens with zero attached hydrogens (tertiary/aromatic N) is 2. The van der Waals surface area contributed by atoms with Crippen molar-refractivity contribution in [2.24, 2.45) is 0 Å². The molecule has 0 bridgehead atoms. The predicted molar refractivity (Wildman–Crippen MR) is 60.5 cm³/mol. The Morgan fingerprint density at radius 3 is 2.22 bits per heavy atom. The SMILES string of the molecule is FC(F)(F)c1ccn(-c2ccc(C3CC3)cc2)n1. The first-order valence-electron chi connectivity index (χ1n) is 5.77. The average Bonchev–Trinajstić information content (AvgIpc) is 3.05. The molecule has 1 aliphatic carbocycles. The van der Waals surface area contributed by atoms with Gasteiger partial charge >= 0.3 is 6.18 Å². The number of hydrogen-bond acceptors (Lipinski definition) is 1. The maximum absolute atomic E-state index is 12.4. The summed E-state index contributed by atoms with van der Waals surface area (Å²) in [7, 11) is 0. The molecule has 94 valence electrons. The Hall–Kier alpha value is -1.78. The summed E-state index contributed by atoms with van der Waals surface area (Å²) in [5.41, 5.74) is 1.03. The van der Waals surface area contributed by atoms with E-state index in [9.17, 15) is 13.2 Å². The smallest absolute Gasteiger partial charge is 0.240 e. The number of rotatable bonds is 2. The molecule has 1 aromatic heterocycles. The number of aromatic nitrogens is 2. The van der Waals surface area contributed by atoms with Crippen molar-refractivity contribution in [1.82, 2.24) is 9.78 Å². The van der Waals surface area contributed by atoms with E-state index in [1.54, 1.807) is 12.1 Å². The van der Waals surface area contributed by atoms with Crippen LogP contribution < -0.4 is 0 Å². The predicted octanol–water partition coefficient (Wildman–Crippen LogP) is 3.77. The Bertz CT molecular complexity index is 550. The fraction of sp³-hybridized carbons (Fsp3) is 0.308. The molecular weight excluding hydrogens is 241 g/mol. The van der Waals surface area contributed by atoms with Gasteiger partial charge < -0.3 is 0 Å². The summed E-state index contributed by atoms with van der Waals surface area (Å²) in [5.74, 6) is 0.641. The molecule has 1 heterocycles. The van der Waals surface area contributed by atoms with Crippen molar-refractivity contribution < 1.29 is 13.2 Å². The highest BCUT2D eigenvalue weighted by Crippen LogP contribution is 2.40. The van der Waals surface area contributed by atoms with Gasteiger partial charge in [-0.25, -0.2) is 4.68 Å². The molecule has 2 nitrogen and oxygen atoms in total. The van der Waals surface area contributed by atoms with Gasteiger partial charge in [-0.2, -0.15) is 18.3 Å². The van der Waals surface area contributed by atoms with E-state index in [0.717, 1.165) is 6.07 Å². The van der Waals surface area contributed by atoms with Gasteiger partial charge in [0.25, 0.3) is 0 Å². The Morgan fingerprint density at radius 2 is 1.72 bits per heavy atom. The van der Waals surface area contributed by atoms with Crippen molar-refractivity contribution in [3.63, 3.8) is 0 Å². The second kappa shape index (κ2) is 3.86. The monoisotopic (exact) mass is 252 g/mol. The summed E-state index contributed by atoms with van der Waals surface area (Å²) in [5, 5.41) is 3.53. The first-order chi connectivity index (χ1) is 8.54. The molecule has 0 spiro atoms. The fourth-order valence-corrected chi connectivity index (χ4v) is 1.93. The average molecular weight is 252 g/mol. The van der Waals surface area contributed by atoms with Gasteiger partial charge in [-0.05, 0) is 42.5 Å². The summed E-state index contributed by atoms with van der Waals surface area (Å²) in [6.07, 6.45) is -0.646. The second-order valence-electron chi connectivity index (χ2n) is 4.51. The minimum Gasteiger partial charge on any atom is -0.240 e. The molecule has 0 N–H and O–H groups in total. The van der Waals surface area contributed by atoms with E-state index in [0.29, 0.717) is 11.6 Å². The lowest BCUT2D eigenvalue weighted by molar-refractivity contribution is -0.141. The molecule has 0 unspecified atom stereocenters. The van der Waals surface area contributed by atoms with Crippen molar-refractivity contribution >= 4 is 0 Å². The van der Waals surface area contributed by atoms with Crippen LogP contribution in [-0.2, 0) is 6.18 Å². The molecule has 0 aliphatic heterocycles. The number of alkyl halides is 3. The molecule has 2 aromatic rings. The third kappa shape index (κ3) is 2.12. The summed E-state index contributed by atoms with van der Waals surface area (Å²) in [6.45, 7) is 0. The zero-order chi connectivity index (χ0) is 12.8. The van der Waals surface area contributed by atoms with Gasteiger partial charge in [-0.1, -0.05) is 12.1 Å². The molecule has 1 saturated carbocycles. The fourth-order valence-electron chi connectivity index (χ4n) is 1.93. The summed E-state index contributed by atoms with van der Waals surface area (Å²) in [6, 6.07) is 8.51. The Kier molecular flexibility index (Phi) is 2.43. The van der Waals surface area contributed by atoms with Gasteiger partial charge in [-0.3, -0.25) is 0 Å². The molecule has 5 heteroatoms. The molecule has 0 amide bonds. The van der Waals surface area contributed by atoms with Gasteiger partial charge in [-0.15, -0.1) is 0 Å². The van der Waals surface area contributed by atoms with E-state index in [1.165, 1.54) is 29.3 Å². The highest BCUT2D eigenvalue weighted by molar-refractivity contribution is 5.36. The van der Waals surface area contributed by atoms with E-state index in [-0.39, 0.29) is 0 Å². The summed E-state index contributed by atoms with van der Waals surface area (Å²) in [4.78, 5) is 0. The van der Waals surface area contributed by atoms with Gasteiger partial charge in [0.05, 0.1) is 5.69 Å². The van der Waals surface area contributed by atoms with Crippen molar-refractivity contribution in [3.05, 3.63) is 47.8 Å². The van der Waals surface area contributed by atoms with Crippen LogP contribution in [0.15, 0.2) is 36.5 Å². The maximum Gasteiger partial charge on any atom is 0.435 e. The number of benzene rings is 1. The van der Waals surface area contributed by atoms with Gasteiger partial charge in [0.15, 0.2) is 5.69 Å². The van der Waals surface area contributed by atoms with Crippen LogP contribution in [0.3, 0.4) is 0 Å². The lowest BCUT2D eigenvalue weighted by Gasteiger charge is -2.04. The molecule has 0 atom stereocenters. The second-order valence-corrected chi connectivity index (χ2v) is 4.51. The lowest BCUT2D eigenvalue weighted by atomic mass is 10.1. The van der Waals surface area contributed by atoms with Crippen LogP contribution in [0.5, 0.6) is 0 Å². The molecule has 0 saturated heterocycles. The van der Waals surface area contributed by atoms with E-state index < -0.39 is 11.9 Å². The first-order valence-corrected chi connectivity index (χ1v) is 5.77. The Balaban J connectivity index is 1.87. The largest absolute Gasteiger partial charge is 0.435 e. The van der Waals surface area contributed by atoms with Crippen LogP contribution >= 0.6 is 0 Å². The molecule has 0 radical (unpaired) electrons. The molecule has 3 rings (SSSR count). The van der Waals surface area contributed by atoms with E-state index in [4.69, 9.17) is 0 Å². The van der Waals surface area contributed by atoms with Gasteiger partial charge in [0.1, 0.15) is 0 Å². The van der Waals surface area contributed by atoms with Crippen LogP contribution in [0.1, 0.15) is 30.0 Å². The normalized spacial score (nSPS) is 15.9. The highest BCUT2D eigenvalue weighted by Gasteiger charge is 2.33. The van der Waals surface area contributed by atoms with Crippen molar-refractivity contribution in [2.45, 2.75) is 24.9 Å². The van der Waals surface area contributed by atoms with Crippen molar-refractivity contribution in [2.75, 3.05) is 0 Å². The first kappa shape index (κ1) is 11.3. The summed E-state index contributed by atoms with van der Waals surface area (Å²) < 4.78 is 38.5. The number of halogens is 3. The molecule has 1 aliphatic rings. The van der Waals surface area contributed by atoms with Crippen molar-refractivity contribution in [1.29, 1.82) is 0 Å². The third-order valence-electron chi connectivity index (χ3n) is 3.09. The van der Waals surface area contributed by atoms with Crippen LogP contribution in [0.2, 0.25) is 0 Å². The van der Waals surface area contributed by atoms with Gasteiger partial charge in [0.2, 0.25) is 0 Å². The van der Waals surface area contributed by atoms with E-state index >= 15 is 0 Å². The minimum absolute atomic E-state index is 0.641. The van der Waals surface area contributed by atoms with Crippen LogP contribution in [0.25, 0.3) is 5.69 Å². The Labute approximate surface area is 102 Å². The zero-order valence-corrected chi connectivity index (χ0v) is 9.48. The van der Waals surface area contributed by atoms with Crippen LogP contribution in [0.4, 0.5) is 13.2 Å². The van der Waals surface area contributed by atoms with Crippen molar-refractivity contribution in [3.8, 4) is 5.69 Å². The van der Waals surface area contributed by atoms with Gasteiger partial charge in [0, 0.05) is 6.20 Å². The Morgan fingerprint density at radius 1 is 1.06 bits per heavy atom. The maximum atomic E-state index is 12.4. The standard InChI is InChI=1S/C13H11F3N2/c14-13(15,16)12-7-8-18(17-12)11-5-3-10(4-6-11)9-1-2-9/h3-9H,1-2H2. The molecular formula is C13H11F3N2. The topological polar surface area (TPSA) is 17.8 Å². The highest BCUT2D eigenvalue weighted by atomic mass is 19.4. The molecule has 1 fully saturated rings. The number of hydrogen-bond donors (Lipinski definition) is 0. The van der Waals surface area contributed by atoms with Crippen LogP contribution in [-0.4, -0.2) is 9.78 Å². The molecule has 18 heavy (non-hydrogen) atoms. The quantitative estimate of drug-likeness (QED) is 0.795. The minimum atomic E-state index is -4.39. The molecule has 1 aromatic carbocycles. The van der Waals surface area contributed by atoms with E-state index in [2.05, 4.69) is 5.10 Å².